The van der Waals surface area contributed by atoms with E-state index in [1.807, 2.05) is 0 Å². The maximum absolute atomic E-state index is 8.20. The van der Waals surface area contributed by atoms with E-state index >= 15 is 0 Å². The second-order valence-corrected chi connectivity index (χ2v) is 2.98. The Hall–Kier alpha value is -0.530. The molecule has 2 heteroatoms. The third-order valence-corrected chi connectivity index (χ3v) is 1.30. The van der Waals surface area contributed by atoms with Crippen LogP contribution in [0.2, 0.25) is 0 Å². The summed E-state index contributed by atoms with van der Waals surface area (Å²) in [6.07, 6.45) is 3.77. The van der Waals surface area contributed by atoms with E-state index in [1.165, 1.54) is 0 Å². The van der Waals surface area contributed by atoms with Crippen molar-refractivity contribution in [1.82, 2.24) is 0 Å². The molecule has 0 atom stereocenters. The average Bonchev–Trinajstić information content (AvgIpc) is 1.64. The Kier molecular flexibility index (Phi) is 3.28. The van der Waals surface area contributed by atoms with Gasteiger partial charge in [-0.1, -0.05) is 27.2 Å². The van der Waals surface area contributed by atoms with Gasteiger partial charge >= 0.3 is 0 Å². The summed E-state index contributed by atoms with van der Waals surface area (Å²) >= 11 is 0. The minimum absolute atomic E-state index is 0.0590. The highest BCUT2D eigenvalue weighted by molar-refractivity contribution is 5.63. The van der Waals surface area contributed by atoms with E-state index in [1.54, 1.807) is 6.21 Å². The van der Waals surface area contributed by atoms with Crippen LogP contribution in [0, 0.1) is 5.41 Å². The van der Waals surface area contributed by atoms with Crippen LogP contribution in [0.1, 0.15) is 33.6 Å². The first-order valence-corrected chi connectivity index (χ1v) is 3.31. The van der Waals surface area contributed by atoms with Gasteiger partial charge < -0.3 is 5.21 Å². The zero-order valence-electron chi connectivity index (χ0n) is 6.39. The Bertz CT molecular complexity index is 97.1. The molecule has 0 aliphatic rings. The molecule has 0 aromatic carbocycles. The Labute approximate surface area is 56.6 Å². The number of hydrogen-bond donors (Lipinski definition) is 1. The van der Waals surface area contributed by atoms with Gasteiger partial charge in [-0.05, 0) is 6.42 Å². The predicted molar refractivity (Wildman–Crippen MR) is 39.0 cm³/mol. The van der Waals surface area contributed by atoms with E-state index in [4.69, 9.17) is 5.21 Å². The molecule has 0 rings (SSSR count). The van der Waals surface area contributed by atoms with Gasteiger partial charge in [0.25, 0.3) is 0 Å². The third-order valence-electron chi connectivity index (χ3n) is 1.30. The first-order valence-electron chi connectivity index (χ1n) is 3.31. The fraction of sp³-hybridized carbons (Fsp3) is 0.857. The summed E-state index contributed by atoms with van der Waals surface area (Å²) in [5.41, 5.74) is 0.0590. The van der Waals surface area contributed by atoms with Crippen molar-refractivity contribution in [2.24, 2.45) is 10.6 Å². The third kappa shape index (κ3) is 4.01. The van der Waals surface area contributed by atoms with E-state index in [0.717, 1.165) is 12.8 Å². The summed E-state index contributed by atoms with van der Waals surface area (Å²) < 4.78 is 0. The second-order valence-electron chi connectivity index (χ2n) is 2.98. The molecule has 0 unspecified atom stereocenters. The SMILES string of the molecule is CCCC(C)(C)/C=N\O. The molecule has 0 saturated carbocycles. The van der Waals surface area contributed by atoms with Gasteiger partial charge in [0.2, 0.25) is 0 Å². The van der Waals surface area contributed by atoms with Gasteiger partial charge in [0, 0.05) is 11.6 Å². The number of rotatable bonds is 3. The Morgan fingerprint density at radius 2 is 2.11 bits per heavy atom. The quantitative estimate of drug-likeness (QED) is 0.354. The lowest BCUT2D eigenvalue weighted by Gasteiger charge is -2.15. The molecule has 0 aromatic rings. The lowest BCUT2D eigenvalue weighted by Crippen LogP contribution is -2.11. The maximum Gasteiger partial charge on any atom is 0.0492 e. The number of nitrogens with zero attached hydrogens (tertiary/aromatic N) is 1. The fourth-order valence-corrected chi connectivity index (χ4v) is 0.865. The van der Waals surface area contributed by atoms with Crippen LogP contribution < -0.4 is 0 Å². The Balaban J connectivity index is 3.70. The molecule has 0 amide bonds. The van der Waals surface area contributed by atoms with Crippen molar-refractivity contribution in [2.45, 2.75) is 33.6 Å². The molecule has 0 aromatic heterocycles. The van der Waals surface area contributed by atoms with Crippen molar-refractivity contribution in [2.75, 3.05) is 0 Å². The van der Waals surface area contributed by atoms with Gasteiger partial charge in [0.05, 0.1) is 0 Å². The summed E-state index contributed by atoms with van der Waals surface area (Å²) in [7, 11) is 0. The Morgan fingerprint density at radius 1 is 1.56 bits per heavy atom. The Morgan fingerprint density at radius 3 is 2.44 bits per heavy atom. The van der Waals surface area contributed by atoms with E-state index in [2.05, 4.69) is 25.9 Å². The van der Waals surface area contributed by atoms with Crippen LogP contribution >= 0.6 is 0 Å². The molecule has 2 nitrogen and oxygen atoms in total. The van der Waals surface area contributed by atoms with Crippen molar-refractivity contribution >= 4 is 6.21 Å². The molecule has 54 valence electrons. The molecule has 0 saturated heterocycles. The molecule has 0 spiro atoms. The predicted octanol–water partition coefficient (Wildman–Crippen LogP) is 2.27. The first kappa shape index (κ1) is 8.47. The van der Waals surface area contributed by atoms with Gasteiger partial charge in [0.1, 0.15) is 0 Å². The minimum Gasteiger partial charge on any atom is -0.411 e. The fourth-order valence-electron chi connectivity index (χ4n) is 0.865. The average molecular weight is 129 g/mol. The van der Waals surface area contributed by atoms with Crippen LogP contribution in [-0.4, -0.2) is 11.4 Å². The summed E-state index contributed by atoms with van der Waals surface area (Å²) in [6, 6.07) is 0. The highest BCUT2D eigenvalue weighted by atomic mass is 16.4. The van der Waals surface area contributed by atoms with Gasteiger partial charge in [-0.15, -0.1) is 5.16 Å². The lowest BCUT2D eigenvalue weighted by molar-refractivity contribution is 0.311. The topological polar surface area (TPSA) is 32.6 Å². The summed E-state index contributed by atoms with van der Waals surface area (Å²) in [6.45, 7) is 6.22. The standard InChI is InChI=1S/C7H15NO/c1-4-5-7(2,3)6-8-9/h6,9H,4-5H2,1-3H3/b8-6-. The molecule has 0 radical (unpaired) electrons. The molecular weight excluding hydrogens is 114 g/mol. The van der Waals surface area contributed by atoms with E-state index in [-0.39, 0.29) is 5.41 Å². The smallest absolute Gasteiger partial charge is 0.0492 e. The van der Waals surface area contributed by atoms with Crippen molar-refractivity contribution in [3.63, 3.8) is 0 Å². The molecule has 0 fully saturated rings. The van der Waals surface area contributed by atoms with Crippen LogP contribution in [0.3, 0.4) is 0 Å². The van der Waals surface area contributed by atoms with Crippen LogP contribution in [0.4, 0.5) is 0 Å². The highest BCUT2D eigenvalue weighted by Gasteiger charge is 2.12. The zero-order valence-corrected chi connectivity index (χ0v) is 6.39. The van der Waals surface area contributed by atoms with Gasteiger partial charge in [-0.3, -0.25) is 0 Å². The van der Waals surface area contributed by atoms with Gasteiger partial charge in [-0.2, -0.15) is 0 Å². The molecule has 9 heavy (non-hydrogen) atoms. The summed E-state index contributed by atoms with van der Waals surface area (Å²) in [5, 5.41) is 11.2. The van der Waals surface area contributed by atoms with Crippen LogP contribution in [0.5, 0.6) is 0 Å². The van der Waals surface area contributed by atoms with Gasteiger partial charge in [-0.25, -0.2) is 0 Å². The van der Waals surface area contributed by atoms with Crippen LogP contribution in [0.25, 0.3) is 0 Å². The minimum atomic E-state index is 0.0590. The molecule has 0 aliphatic heterocycles. The van der Waals surface area contributed by atoms with Crippen molar-refractivity contribution in [3.05, 3.63) is 0 Å². The van der Waals surface area contributed by atoms with Crippen LogP contribution in [0.15, 0.2) is 5.16 Å². The largest absolute Gasteiger partial charge is 0.411 e. The number of oxime groups is 1. The normalized spacial score (nSPS) is 12.8. The highest BCUT2D eigenvalue weighted by Crippen LogP contribution is 2.18. The number of hydrogen-bond acceptors (Lipinski definition) is 2. The van der Waals surface area contributed by atoms with E-state index in [9.17, 15) is 0 Å². The first-order chi connectivity index (χ1) is 4.12. The molecule has 0 bridgehead atoms. The molecule has 1 N–H and O–H groups in total. The second kappa shape index (κ2) is 3.49. The monoisotopic (exact) mass is 129 g/mol. The molecule has 0 heterocycles. The summed E-state index contributed by atoms with van der Waals surface area (Å²) in [5.74, 6) is 0. The van der Waals surface area contributed by atoms with E-state index < -0.39 is 0 Å². The molecular formula is C7H15NO. The van der Waals surface area contributed by atoms with Crippen molar-refractivity contribution in [1.29, 1.82) is 0 Å². The van der Waals surface area contributed by atoms with Crippen LogP contribution in [-0.2, 0) is 0 Å². The summed E-state index contributed by atoms with van der Waals surface area (Å²) in [4.78, 5) is 0. The van der Waals surface area contributed by atoms with E-state index in [0.29, 0.717) is 0 Å². The van der Waals surface area contributed by atoms with Crippen molar-refractivity contribution in [3.8, 4) is 0 Å². The molecule has 0 aliphatic carbocycles. The van der Waals surface area contributed by atoms with Gasteiger partial charge in [0.15, 0.2) is 0 Å². The van der Waals surface area contributed by atoms with Crippen molar-refractivity contribution < 1.29 is 5.21 Å². The maximum atomic E-state index is 8.20. The zero-order chi connectivity index (χ0) is 7.33. The lowest BCUT2D eigenvalue weighted by atomic mass is 9.90.